The minimum Gasteiger partial charge on any atom is -0.486 e. The van der Waals surface area contributed by atoms with Gasteiger partial charge in [-0.05, 0) is 35.4 Å². The zero-order valence-electron chi connectivity index (χ0n) is 10.9. The van der Waals surface area contributed by atoms with Crippen LogP contribution >= 0.6 is 11.3 Å². The molecule has 21 heavy (non-hydrogen) atoms. The van der Waals surface area contributed by atoms with Gasteiger partial charge >= 0.3 is 0 Å². The number of rotatable bonds is 1. The minimum absolute atomic E-state index is 0.318. The number of hydrogen-bond acceptors (Lipinski definition) is 5. The number of ether oxygens (including phenoxy) is 2. The lowest BCUT2D eigenvalue weighted by molar-refractivity contribution is 0.171. The average molecular weight is 302 g/mol. The average Bonchev–Trinajstić information content (AvgIpc) is 2.88. The van der Waals surface area contributed by atoms with Gasteiger partial charge in [0.1, 0.15) is 18.7 Å². The van der Waals surface area contributed by atoms with Crippen LogP contribution in [0.3, 0.4) is 0 Å². The first-order chi connectivity index (χ1) is 10.2. The van der Waals surface area contributed by atoms with E-state index in [1.807, 2.05) is 24.3 Å². The van der Waals surface area contributed by atoms with Gasteiger partial charge in [-0.3, -0.25) is 0 Å². The number of benzene rings is 2. The first-order valence-corrected chi connectivity index (χ1v) is 7.28. The second-order valence-corrected chi connectivity index (χ2v) is 5.78. The Morgan fingerprint density at radius 3 is 2.71 bits per heavy atom. The van der Waals surface area contributed by atoms with E-state index in [-0.39, 0.29) is 5.82 Å². The van der Waals surface area contributed by atoms with E-state index in [9.17, 15) is 4.39 Å². The number of hydrogen-bond donors (Lipinski definition) is 1. The largest absolute Gasteiger partial charge is 0.486 e. The lowest BCUT2D eigenvalue weighted by atomic mass is 10.0. The van der Waals surface area contributed by atoms with E-state index in [0.29, 0.717) is 35.4 Å². The fourth-order valence-electron chi connectivity index (χ4n) is 2.40. The molecular weight excluding hydrogens is 291 g/mol. The molecule has 1 aromatic heterocycles. The van der Waals surface area contributed by atoms with Crippen molar-refractivity contribution in [1.29, 1.82) is 0 Å². The highest BCUT2D eigenvalue weighted by Crippen LogP contribution is 2.37. The first kappa shape index (κ1) is 12.4. The summed E-state index contributed by atoms with van der Waals surface area (Å²) < 4.78 is 25.9. The number of halogens is 1. The molecule has 1 aliphatic heterocycles. The third kappa shape index (κ3) is 2.08. The molecule has 0 saturated carbocycles. The number of anilines is 1. The van der Waals surface area contributed by atoms with E-state index in [4.69, 9.17) is 15.2 Å². The Morgan fingerprint density at radius 2 is 1.86 bits per heavy atom. The Labute approximate surface area is 123 Å². The molecule has 0 aliphatic carbocycles. The van der Waals surface area contributed by atoms with Crippen molar-refractivity contribution in [3.8, 4) is 22.6 Å². The van der Waals surface area contributed by atoms with Crippen molar-refractivity contribution in [3.63, 3.8) is 0 Å². The number of nitrogens with two attached hydrogens (primary N) is 1. The molecule has 0 spiro atoms. The molecule has 0 atom stereocenters. The van der Waals surface area contributed by atoms with Crippen LogP contribution in [0.15, 0.2) is 30.3 Å². The van der Waals surface area contributed by atoms with Crippen molar-refractivity contribution >= 4 is 26.7 Å². The molecule has 1 aliphatic rings. The van der Waals surface area contributed by atoms with Crippen molar-refractivity contribution in [2.45, 2.75) is 0 Å². The van der Waals surface area contributed by atoms with Gasteiger partial charge in [0.05, 0.1) is 4.70 Å². The quantitative estimate of drug-likeness (QED) is 0.748. The van der Waals surface area contributed by atoms with Crippen LogP contribution < -0.4 is 15.2 Å². The monoisotopic (exact) mass is 302 g/mol. The van der Waals surface area contributed by atoms with Crippen molar-refractivity contribution in [2.24, 2.45) is 0 Å². The van der Waals surface area contributed by atoms with Crippen molar-refractivity contribution in [2.75, 3.05) is 18.9 Å². The van der Waals surface area contributed by atoms with E-state index >= 15 is 0 Å². The predicted molar refractivity (Wildman–Crippen MR) is 80.4 cm³/mol. The molecule has 3 aromatic rings. The molecule has 2 heterocycles. The van der Waals surface area contributed by atoms with Gasteiger partial charge in [-0.1, -0.05) is 17.4 Å². The minimum atomic E-state index is -0.370. The molecule has 0 radical (unpaired) electrons. The lowest BCUT2D eigenvalue weighted by Crippen LogP contribution is -2.15. The van der Waals surface area contributed by atoms with Gasteiger partial charge in [-0.15, -0.1) is 0 Å². The van der Waals surface area contributed by atoms with E-state index in [2.05, 4.69) is 4.98 Å². The van der Waals surface area contributed by atoms with Gasteiger partial charge in [-0.25, -0.2) is 9.37 Å². The zero-order valence-corrected chi connectivity index (χ0v) is 11.7. The third-order valence-corrected chi connectivity index (χ3v) is 4.17. The second-order valence-electron chi connectivity index (χ2n) is 4.72. The summed E-state index contributed by atoms with van der Waals surface area (Å²) >= 11 is 1.27. The Morgan fingerprint density at radius 1 is 1.05 bits per heavy atom. The molecular formula is C15H11FN2O2S. The normalized spacial score (nSPS) is 13.6. The smallest absolute Gasteiger partial charge is 0.181 e. The maximum atomic E-state index is 14.1. The topological polar surface area (TPSA) is 57.4 Å². The van der Waals surface area contributed by atoms with Gasteiger partial charge in [0.15, 0.2) is 22.4 Å². The molecule has 6 heteroatoms. The molecule has 0 bridgehead atoms. The number of thiazole rings is 1. The van der Waals surface area contributed by atoms with Crippen LogP contribution in [0.4, 0.5) is 9.52 Å². The summed E-state index contributed by atoms with van der Waals surface area (Å²) in [6.45, 7) is 1.07. The van der Waals surface area contributed by atoms with Crippen molar-refractivity contribution in [1.82, 2.24) is 4.98 Å². The third-order valence-electron chi connectivity index (χ3n) is 3.34. The highest BCUT2D eigenvalue weighted by Gasteiger charge is 2.14. The lowest BCUT2D eigenvalue weighted by Gasteiger charge is -2.18. The van der Waals surface area contributed by atoms with Crippen LogP contribution in [0.25, 0.3) is 21.3 Å². The van der Waals surface area contributed by atoms with Crippen molar-refractivity contribution < 1.29 is 13.9 Å². The SMILES string of the molecule is Nc1nc2c(F)cc(-c3ccc4c(c3)OCCO4)cc2s1. The van der Waals surface area contributed by atoms with E-state index in [1.165, 1.54) is 17.4 Å². The fraction of sp³-hybridized carbons (Fsp3) is 0.133. The Bertz CT molecular complexity index is 847. The standard InChI is InChI=1S/C15H11FN2O2S/c16-10-5-9(7-13-14(10)18-15(17)21-13)8-1-2-11-12(6-8)20-4-3-19-11/h1-2,5-7H,3-4H2,(H2,17,18). The van der Waals surface area contributed by atoms with Gasteiger partial charge < -0.3 is 15.2 Å². The molecule has 0 fully saturated rings. The molecule has 2 aromatic carbocycles. The van der Waals surface area contributed by atoms with E-state index in [1.54, 1.807) is 0 Å². The van der Waals surface area contributed by atoms with Gasteiger partial charge in [-0.2, -0.15) is 0 Å². The van der Waals surface area contributed by atoms with Gasteiger partial charge in [0.2, 0.25) is 0 Å². The van der Waals surface area contributed by atoms with Crippen LogP contribution in [-0.2, 0) is 0 Å². The molecule has 0 saturated heterocycles. The summed E-state index contributed by atoms with van der Waals surface area (Å²) in [6, 6.07) is 8.94. The van der Waals surface area contributed by atoms with Crippen LogP contribution in [-0.4, -0.2) is 18.2 Å². The maximum absolute atomic E-state index is 14.1. The Kier molecular flexibility index (Phi) is 2.71. The number of aromatic nitrogens is 1. The molecule has 0 amide bonds. The number of nitrogen functional groups attached to an aromatic ring is 1. The summed E-state index contributed by atoms with van der Waals surface area (Å²) in [7, 11) is 0. The molecule has 4 nitrogen and oxygen atoms in total. The molecule has 2 N–H and O–H groups in total. The van der Waals surface area contributed by atoms with Crippen LogP contribution in [0.5, 0.6) is 11.5 Å². The number of fused-ring (bicyclic) bond motifs is 2. The fourth-order valence-corrected chi connectivity index (χ4v) is 3.18. The summed E-state index contributed by atoms with van der Waals surface area (Å²) in [5, 5.41) is 0.364. The highest BCUT2D eigenvalue weighted by molar-refractivity contribution is 7.22. The van der Waals surface area contributed by atoms with Crippen LogP contribution in [0.2, 0.25) is 0 Å². The van der Waals surface area contributed by atoms with Crippen molar-refractivity contribution in [3.05, 3.63) is 36.1 Å². The summed E-state index contributed by atoms with van der Waals surface area (Å²) in [6.07, 6.45) is 0. The summed E-state index contributed by atoms with van der Waals surface area (Å²) in [5.41, 5.74) is 7.59. The molecule has 0 unspecified atom stereocenters. The molecule has 106 valence electrons. The summed E-state index contributed by atoms with van der Waals surface area (Å²) in [5.74, 6) is 1.03. The maximum Gasteiger partial charge on any atom is 0.181 e. The highest BCUT2D eigenvalue weighted by atomic mass is 32.1. The first-order valence-electron chi connectivity index (χ1n) is 6.46. The predicted octanol–water partition coefficient (Wildman–Crippen LogP) is 3.46. The van der Waals surface area contributed by atoms with E-state index < -0.39 is 0 Å². The number of nitrogens with zero attached hydrogens (tertiary/aromatic N) is 1. The molecule has 4 rings (SSSR count). The zero-order chi connectivity index (χ0) is 14.4. The van der Waals surface area contributed by atoms with Crippen LogP contribution in [0, 0.1) is 5.82 Å². The van der Waals surface area contributed by atoms with E-state index in [0.717, 1.165) is 15.8 Å². The second kappa shape index (κ2) is 4.60. The van der Waals surface area contributed by atoms with Gasteiger partial charge in [0, 0.05) is 0 Å². The summed E-state index contributed by atoms with van der Waals surface area (Å²) in [4.78, 5) is 3.99. The Balaban J connectivity index is 1.86. The van der Waals surface area contributed by atoms with Gasteiger partial charge in [0.25, 0.3) is 0 Å². The van der Waals surface area contributed by atoms with Crippen LogP contribution in [0.1, 0.15) is 0 Å². The Hall–Kier alpha value is -2.34.